The van der Waals surface area contributed by atoms with Gasteiger partial charge in [0.2, 0.25) is 0 Å². The number of rotatable bonds is 4. The van der Waals surface area contributed by atoms with Crippen LogP contribution in [0.2, 0.25) is 0 Å². The second-order valence-electron chi connectivity index (χ2n) is 3.02. The molecule has 0 aliphatic rings. The molecule has 0 fully saturated rings. The normalized spacial score (nSPS) is 11.5. The van der Waals surface area contributed by atoms with Crippen LogP contribution in [0.5, 0.6) is 0 Å². The van der Waals surface area contributed by atoms with Gasteiger partial charge in [0, 0.05) is 7.05 Å². The van der Waals surface area contributed by atoms with E-state index in [2.05, 4.69) is 21.0 Å². The van der Waals surface area contributed by atoms with Crippen molar-refractivity contribution in [3.8, 4) is 0 Å². The molecule has 1 heterocycles. The van der Waals surface area contributed by atoms with Crippen LogP contribution >= 0.6 is 15.9 Å². The summed E-state index contributed by atoms with van der Waals surface area (Å²) in [5.41, 5.74) is 0. The van der Waals surface area contributed by atoms with E-state index in [1.54, 1.807) is 0 Å². The Morgan fingerprint density at radius 3 is 2.69 bits per heavy atom. The van der Waals surface area contributed by atoms with E-state index in [1.807, 2.05) is 0 Å². The maximum Gasteiger partial charge on any atom is 0.266 e. The van der Waals surface area contributed by atoms with E-state index in [-0.39, 0.29) is 17.2 Å². The summed E-state index contributed by atoms with van der Waals surface area (Å²) in [6, 6.07) is 0. The third-order valence-electron chi connectivity index (χ3n) is 1.82. The molecule has 0 bridgehead atoms. The van der Waals surface area contributed by atoms with Gasteiger partial charge in [-0.3, -0.25) is 4.68 Å². The predicted molar refractivity (Wildman–Crippen MR) is 57.9 cm³/mol. The van der Waals surface area contributed by atoms with E-state index in [0.717, 1.165) is 0 Å². The van der Waals surface area contributed by atoms with Crippen molar-refractivity contribution < 1.29 is 17.2 Å². The van der Waals surface area contributed by atoms with Crippen molar-refractivity contribution >= 4 is 25.8 Å². The highest BCUT2D eigenvalue weighted by atomic mass is 79.9. The third kappa shape index (κ3) is 3.11. The lowest BCUT2D eigenvalue weighted by Gasteiger charge is -2.03. The second-order valence-corrected chi connectivity index (χ2v) is 5.90. The van der Waals surface area contributed by atoms with Crippen molar-refractivity contribution in [2.45, 2.75) is 11.4 Å². The summed E-state index contributed by atoms with van der Waals surface area (Å²) in [4.78, 5) is 0. The average molecular weight is 315 g/mol. The lowest BCUT2D eigenvalue weighted by Crippen LogP contribution is -2.12. The molecule has 90 valence electrons. The minimum atomic E-state index is -3.60. The first-order valence-electron chi connectivity index (χ1n) is 4.26. The third-order valence-corrected chi connectivity index (χ3v) is 4.51. The maximum atomic E-state index is 11.8. The van der Waals surface area contributed by atoms with Gasteiger partial charge in [-0.05, 0) is 28.4 Å². The van der Waals surface area contributed by atoms with E-state index >= 15 is 0 Å². The van der Waals surface area contributed by atoms with Crippen LogP contribution in [0.15, 0.2) is 27.9 Å². The highest BCUT2D eigenvalue weighted by Gasteiger charge is 2.21. The van der Waals surface area contributed by atoms with Crippen LogP contribution in [-0.2, 0) is 16.9 Å². The van der Waals surface area contributed by atoms with Gasteiger partial charge >= 0.3 is 0 Å². The first-order valence-corrected chi connectivity index (χ1v) is 6.70. The molecule has 0 aliphatic heterocycles. The number of hydrogen-bond acceptors (Lipinski definition) is 3. The Morgan fingerprint density at radius 2 is 2.25 bits per heavy atom. The van der Waals surface area contributed by atoms with Crippen molar-refractivity contribution in [2.75, 3.05) is 5.75 Å². The van der Waals surface area contributed by atoms with Crippen molar-refractivity contribution in [3.63, 3.8) is 0 Å². The summed E-state index contributed by atoms with van der Waals surface area (Å²) < 4.78 is 48.5. The molecular formula is C8H9BrF2N2O2S. The van der Waals surface area contributed by atoms with Gasteiger partial charge in [-0.1, -0.05) is 0 Å². The number of nitrogens with zero attached hydrogens (tertiary/aromatic N) is 2. The fourth-order valence-corrected chi connectivity index (χ4v) is 3.68. The Morgan fingerprint density at radius 1 is 1.62 bits per heavy atom. The Labute approximate surface area is 100.0 Å². The fourth-order valence-electron chi connectivity index (χ4n) is 1.17. The monoisotopic (exact) mass is 314 g/mol. The van der Waals surface area contributed by atoms with Crippen molar-refractivity contribution in [3.05, 3.63) is 22.8 Å². The highest BCUT2D eigenvalue weighted by molar-refractivity contribution is 9.10. The zero-order valence-electron chi connectivity index (χ0n) is 8.32. The Balaban J connectivity index is 2.91. The quantitative estimate of drug-likeness (QED) is 0.855. The lowest BCUT2D eigenvalue weighted by atomic mass is 10.5. The molecule has 0 atom stereocenters. The number of halogens is 3. The molecule has 4 nitrogen and oxygen atoms in total. The topological polar surface area (TPSA) is 52.0 Å². The molecule has 8 heteroatoms. The van der Waals surface area contributed by atoms with Crippen LogP contribution in [-0.4, -0.2) is 24.0 Å². The van der Waals surface area contributed by atoms with Crippen LogP contribution in [0.25, 0.3) is 0 Å². The molecule has 16 heavy (non-hydrogen) atoms. The lowest BCUT2D eigenvalue weighted by molar-refractivity contribution is 0.418. The summed E-state index contributed by atoms with van der Waals surface area (Å²) >= 11 is 3.05. The molecule has 0 spiro atoms. The summed E-state index contributed by atoms with van der Waals surface area (Å²) in [6.45, 7) is 0. The Hall–Kier alpha value is -0.760. The van der Waals surface area contributed by atoms with E-state index in [4.69, 9.17) is 0 Å². The Bertz CT molecular complexity index is 487. The number of allylic oxidation sites excluding steroid dienone is 1. The molecule has 0 radical (unpaired) electrons. The SMILES string of the molecule is Cn1ncc(Br)c1S(=O)(=O)CCC=C(F)F. The highest BCUT2D eigenvalue weighted by Crippen LogP contribution is 2.22. The van der Waals surface area contributed by atoms with Gasteiger partial charge in [0.05, 0.1) is 16.4 Å². The van der Waals surface area contributed by atoms with Crippen LogP contribution in [0.3, 0.4) is 0 Å². The number of aryl methyl sites for hydroxylation is 1. The van der Waals surface area contributed by atoms with Crippen molar-refractivity contribution in [2.24, 2.45) is 7.05 Å². The molecule has 1 aromatic heterocycles. The fraction of sp³-hybridized carbons (Fsp3) is 0.375. The largest absolute Gasteiger partial charge is 0.266 e. The smallest absolute Gasteiger partial charge is 0.256 e. The number of aromatic nitrogens is 2. The molecular weight excluding hydrogens is 306 g/mol. The first kappa shape index (κ1) is 13.3. The molecule has 0 saturated heterocycles. The number of hydrogen-bond donors (Lipinski definition) is 0. The summed E-state index contributed by atoms with van der Waals surface area (Å²) in [5, 5.41) is 3.75. The van der Waals surface area contributed by atoms with E-state index in [0.29, 0.717) is 10.5 Å². The molecule has 0 unspecified atom stereocenters. The van der Waals surface area contributed by atoms with E-state index in [1.165, 1.54) is 17.9 Å². The van der Waals surface area contributed by atoms with Gasteiger partial charge in [0.15, 0.2) is 14.9 Å². The van der Waals surface area contributed by atoms with E-state index in [9.17, 15) is 17.2 Å². The van der Waals surface area contributed by atoms with E-state index < -0.39 is 15.9 Å². The molecule has 0 saturated carbocycles. The average Bonchev–Trinajstić information content (AvgIpc) is 2.45. The van der Waals surface area contributed by atoms with Gasteiger partial charge in [-0.15, -0.1) is 0 Å². The molecule has 0 N–H and O–H groups in total. The summed E-state index contributed by atoms with van der Waals surface area (Å²) in [5.74, 6) is -0.373. The molecule has 1 aromatic rings. The van der Waals surface area contributed by atoms with Gasteiger partial charge < -0.3 is 0 Å². The van der Waals surface area contributed by atoms with Crippen LogP contribution in [0.1, 0.15) is 6.42 Å². The van der Waals surface area contributed by atoms with Crippen molar-refractivity contribution in [1.82, 2.24) is 9.78 Å². The van der Waals surface area contributed by atoms with Gasteiger partial charge in [0.1, 0.15) is 0 Å². The van der Waals surface area contributed by atoms with Gasteiger partial charge in [0.25, 0.3) is 6.08 Å². The summed E-state index contributed by atoms with van der Waals surface area (Å²) in [7, 11) is -2.12. The van der Waals surface area contributed by atoms with Crippen LogP contribution in [0, 0.1) is 0 Å². The van der Waals surface area contributed by atoms with Crippen LogP contribution in [0.4, 0.5) is 8.78 Å². The minimum Gasteiger partial charge on any atom is -0.256 e. The Kier molecular flexibility index (Phi) is 4.20. The summed E-state index contributed by atoms with van der Waals surface area (Å²) in [6.07, 6.45) is -0.165. The minimum absolute atomic E-state index is 0.000154. The zero-order valence-corrected chi connectivity index (χ0v) is 10.7. The van der Waals surface area contributed by atoms with Crippen molar-refractivity contribution in [1.29, 1.82) is 0 Å². The molecule has 0 amide bonds. The standard InChI is InChI=1S/C8H9BrF2N2O2S/c1-13-8(6(9)5-12-13)16(14,15)4-2-3-7(10)11/h3,5H,2,4H2,1H3. The predicted octanol–water partition coefficient (Wildman–Crippen LogP) is 2.13. The van der Waals surface area contributed by atoms with Gasteiger partial charge in [-0.25, -0.2) is 8.42 Å². The zero-order chi connectivity index (χ0) is 12.3. The van der Waals surface area contributed by atoms with Gasteiger partial charge in [-0.2, -0.15) is 13.9 Å². The molecule has 0 aliphatic carbocycles. The van der Waals surface area contributed by atoms with Crippen LogP contribution < -0.4 is 0 Å². The molecule has 0 aromatic carbocycles. The number of sulfone groups is 1. The first-order chi connectivity index (χ1) is 7.34. The second kappa shape index (κ2) is 5.05. The maximum absolute atomic E-state index is 11.8. The molecule has 1 rings (SSSR count).